The number of carbonyl (C=O) groups is 1. The Morgan fingerprint density at radius 3 is 2.53 bits per heavy atom. The van der Waals surface area contributed by atoms with Crippen molar-refractivity contribution in [1.82, 2.24) is 4.90 Å². The maximum absolute atomic E-state index is 11.9. The zero-order valence-corrected chi connectivity index (χ0v) is 9.48. The highest BCUT2D eigenvalue weighted by Crippen LogP contribution is 2.31. The Morgan fingerprint density at radius 1 is 1.40 bits per heavy atom. The summed E-state index contributed by atoms with van der Waals surface area (Å²) in [6.45, 7) is 3.13. The Labute approximate surface area is 91.5 Å². The molecule has 1 heterocycles. The highest BCUT2D eigenvalue weighted by Gasteiger charge is 2.32. The summed E-state index contributed by atoms with van der Waals surface area (Å²) >= 11 is 0. The molecule has 0 aromatic rings. The molecule has 15 heavy (non-hydrogen) atoms. The summed E-state index contributed by atoms with van der Waals surface area (Å²) in [5.41, 5.74) is 0. The molecule has 1 aliphatic heterocycles. The van der Waals surface area contributed by atoms with Crippen molar-refractivity contribution in [2.45, 2.75) is 45.1 Å². The summed E-state index contributed by atoms with van der Waals surface area (Å²) in [4.78, 5) is 13.7. The van der Waals surface area contributed by atoms with Gasteiger partial charge in [0.25, 0.3) is 0 Å². The number of carbonyl (C=O) groups excluding carboxylic acids is 1. The fourth-order valence-electron chi connectivity index (χ4n) is 2.79. The Balaban J connectivity index is 1.74. The predicted molar refractivity (Wildman–Crippen MR) is 58.3 cm³/mol. The molecule has 0 aromatic carbocycles. The molecule has 1 saturated heterocycles. The molecule has 0 radical (unpaired) electrons. The fraction of sp³-hybridized carbons (Fsp3) is 0.917. The number of aliphatic hydroxyl groups is 1. The highest BCUT2D eigenvalue weighted by atomic mass is 16.3. The van der Waals surface area contributed by atoms with Crippen molar-refractivity contribution in [3.8, 4) is 0 Å². The minimum absolute atomic E-state index is 0.153. The smallest absolute Gasteiger partial charge is 0.225 e. The lowest BCUT2D eigenvalue weighted by atomic mass is 9.92. The molecule has 1 unspecified atom stereocenters. The molecule has 0 spiro atoms. The lowest BCUT2D eigenvalue weighted by Gasteiger charge is -2.37. The Kier molecular flexibility index (Phi) is 3.29. The molecular formula is C12H21NO2. The van der Waals surface area contributed by atoms with E-state index < -0.39 is 0 Å². The molecule has 2 fully saturated rings. The average Bonchev–Trinajstić information content (AvgIpc) is 2.64. The molecule has 0 aromatic heterocycles. The number of nitrogens with zero attached hydrogens (tertiary/aromatic N) is 1. The fourth-order valence-corrected chi connectivity index (χ4v) is 2.79. The molecule has 1 amide bonds. The molecule has 1 atom stereocenters. The Hall–Kier alpha value is -0.570. The van der Waals surface area contributed by atoms with Gasteiger partial charge in [0.1, 0.15) is 0 Å². The first kappa shape index (κ1) is 10.9. The summed E-state index contributed by atoms with van der Waals surface area (Å²) in [5, 5.41) is 9.14. The highest BCUT2D eigenvalue weighted by molar-refractivity contribution is 5.79. The van der Waals surface area contributed by atoms with Gasteiger partial charge in [-0.3, -0.25) is 4.79 Å². The maximum atomic E-state index is 11.9. The van der Waals surface area contributed by atoms with Crippen molar-refractivity contribution in [3.63, 3.8) is 0 Å². The van der Waals surface area contributed by atoms with Crippen LogP contribution in [0.15, 0.2) is 0 Å². The van der Waals surface area contributed by atoms with Gasteiger partial charge in [-0.15, -0.1) is 0 Å². The van der Waals surface area contributed by atoms with Gasteiger partial charge in [0.05, 0.1) is 6.10 Å². The third-order valence-corrected chi connectivity index (χ3v) is 3.76. The van der Waals surface area contributed by atoms with E-state index in [1.807, 2.05) is 6.92 Å². The van der Waals surface area contributed by atoms with Crippen LogP contribution in [0.2, 0.25) is 0 Å². The zero-order chi connectivity index (χ0) is 10.8. The van der Waals surface area contributed by atoms with Crippen molar-refractivity contribution in [2.75, 3.05) is 13.1 Å². The first-order valence-electron chi connectivity index (χ1n) is 6.13. The summed E-state index contributed by atoms with van der Waals surface area (Å²) < 4.78 is 0. The van der Waals surface area contributed by atoms with E-state index in [0.29, 0.717) is 13.1 Å². The normalized spacial score (nSPS) is 25.3. The summed E-state index contributed by atoms with van der Waals surface area (Å²) in [6.07, 6.45) is 6.07. The van der Waals surface area contributed by atoms with Crippen molar-refractivity contribution < 1.29 is 9.90 Å². The topological polar surface area (TPSA) is 40.5 Å². The van der Waals surface area contributed by atoms with Gasteiger partial charge in [0.2, 0.25) is 5.91 Å². The van der Waals surface area contributed by atoms with E-state index in [9.17, 15) is 4.79 Å². The van der Waals surface area contributed by atoms with Crippen LogP contribution in [-0.2, 0) is 4.79 Å². The molecule has 3 heteroatoms. The van der Waals surface area contributed by atoms with E-state index in [1.165, 1.54) is 25.7 Å². The second-order valence-corrected chi connectivity index (χ2v) is 5.18. The predicted octanol–water partition coefficient (Wildman–Crippen LogP) is 1.41. The number of β-amino-alcohol motifs (C(OH)–C–C–N with tert-alkyl or cyclic N) is 1. The van der Waals surface area contributed by atoms with Crippen molar-refractivity contribution in [1.29, 1.82) is 0 Å². The van der Waals surface area contributed by atoms with Crippen LogP contribution in [0.4, 0.5) is 0 Å². The first-order valence-corrected chi connectivity index (χ1v) is 6.13. The molecule has 0 bridgehead atoms. The third-order valence-electron chi connectivity index (χ3n) is 3.76. The van der Waals surface area contributed by atoms with E-state index in [2.05, 4.69) is 0 Å². The van der Waals surface area contributed by atoms with E-state index in [0.717, 1.165) is 12.3 Å². The molecule has 1 N–H and O–H groups in total. The average molecular weight is 211 g/mol. The number of hydrogen-bond donors (Lipinski definition) is 1. The monoisotopic (exact) mass is 211 g/mol. The second kappa shape index (κ2) is 4.52. The molecule has 1 aliphatic carbocycles. The molecule has 1 saturated carbocycles. The number of amides is 1. The first-order chi connectivity index (χ1) is 7.16. The lowest BCUT2D eigenvalue weighted by Crippen LogP contribution is -2.55. The minimum atomic E-state index is -0.271. The van der Waals surface area contributed by atoms with Crippen LogP contribution < -0.4 is 0 Å². The van der Waals surface area contributed by atoms with Crippen LogP contribution in [0.1, 0.15) is 39.0 Å². The van der Waals surface area contributed by atoms with Gasteiger partial charge in [0.15, 0.2) is 0 Å². The van der Waals surface area contributed by atoms with Crippen LogP contribution in [0.3, 0.4) is 0 Å². The van der Waals surface area contributed by atoms with Gasteiger partial charge in [-0.25, -0.2) is 0 Å². The third kappa shape index (κ3) is 2.51. The van der Waals surface area contributed by atoms with Gasteiger partial charge in [0, 0.05) is 19.0 Å². The van der Waals surface area contributed by atoms with Gasteiger partial charge in [-0.1, -0.05) is 32.6 Å². The molecule has 2 aliphatic rings. The largest absolute Gasteiger partial charge is 0.389 e. The number of likely N-dealkylation sites (tertiary alicyclic amines) is 1. The van der Waals surface area contributed by atoms with Crippen LogP contribution in [0, 0.1) is 11.8 Å². The van der Waals surface area contributed by atoms with Gasteiger partial charge >= 0.3 is 0 Å². The summed E-state index contributed by atoms with van der Waals surface area (Å²) in [5.74, 6) is 1.17. The van der Waals surface area contributed by atoms with Crippen molar-refractivity contribution in [3.05, 3.63) is 0 Å². The van der Waals surface area contributed by atoms with Crippen LogP contribution >= 0.6 is 0 Å². The molecule has 2 rings (SSSR count). The second-order valence-electron chi connectivity index (χ2n) is 5.18. The van der Waals surface area contributed by atoms with Crippen LogP contribution in [0.25, 0.3) is 0 Å². The van der Waals surface area contributed by atoms with Crippen molar-refractivity contribution in [2.24, 2.45) is 11.8 Å². The lowest BCUT2D eigenvalue weighted by molar-refractivity contribution is -0.145. The van der Waals surface area contributed by atoms with Crippen LogP contribution in [-0.4, -0.2) is 35.1 Å². The molecular weight excluding hydrogens is 190 g/mol. The SMILES string of the molecule is CC(CC1CCCC1)C(=O)N1CC(O)C1. The number of aliphatic hydroxyl groups excluding tert-OH is 1. The standard InChI is InChI=1S/C12H21NO2/c1-9(6-10-4-2-3-5-10)12(15)13-7-11(14)8-13/h9-11,14H,2-8H2,1H3. The van der Waals surface area contributed by atoms with Gasteiger partial charge < -0.3 is 10.0 Å². The Morgan fingerprint density at radius 2 is 2.00 bits per heavy atom. The zero-order valence-electron chi connectivity index (χ0n) is 9.48. The quantitative estimate of drug-likeness (QED) is 0.766. The number of hydrogen-bond acceptors (Lipinski definition) is 2. The Bertz CT molecular complexity index is 230. The van der Waals surface area contributed by atoms with Gasteiger partial charge in [-0.05, 0) is 12.3 Å². The van der Waals surface area contributed by atoms with Crippen molar-refractivity contribution >= 4 is 5.91 Å². The maximum Gasteiger partial charge on any atom is 0.225 e. The van der Waals surface area contributed by atoms with E-state index in [4.69, 9.17) is 5.11 Å². The van der Waals surface area contributed by atoms with E-state index in [-0.39, 0.29) is 17.9 Å². The summed E-state index contributed by atoms with van der Waals surface area (Å²) in [6, 6.07) is 0. The van der Waals surface area contributed by atoms with Crippen LogP contribution in [0.5, 0.6) is 0 Å². The molecule has 3 nitrogen and oxygen atoms in total. The van der Waals surface area contributed by atoms with Gasteiger partial charge in [-0.2, -0.15) is 0 Å². The summed E-state index contributed by atoms with van der Waals surface area (Å²) in [7, 11) is 0. The number of rotatable bonds is 3. The van der Waals surface area contributed by atoms with E-state index >= 15 is 0 Å². The minimum Gasteiger partial charge on any atom is -0.389 e. The molecule has 86 valence electrons. The van der Waals surface area contributed by atoms with E-state index in [1.54, 1.807) is 4.90 Å².